The Labute approximate surface area is 117 Å². The van der Waals surface area contributed by atoms with Crippen LogP contribution in [0.2, 0.25) is 0 Å². The standard InChI is InChI=1S/C17H28O2/c1-10-15(2,3)11-8-9-12-14(13(11)16(10,4)5)19-17(6,7)18-12/h10,12,14H,8-9H2,1-7H3. The summed E-state index contributed by atoms with van der Waals surface area (Å²) in [5.74, 6) is 0.222. The van der Waals surface area contributed by atoms with Crippen LogP contribution in [0, 0.1) is 16.7 Å². The maximum absolute atomic E-state index is 6.26. The monoisotopic (exact) mass is 264 g/mol. The molecule has 108 valence electrons. The van der Waals surface area contributed by atoms with E-state index >= 15 is 0 Å². The largest absolute Gasteiger partial charge is 0.344 e. The van der Waals surface area contributed by atoms with Crippen LogP contribution in [0.4, 0.5) is 0 Å². The fourth-order valence-electron chi connectivity index (χ4n) is 4.71. The Morgan fingerprint density at radius 2 is 1.58 bits per heavy atom. The second-order valence-corrected chi connectivity index (χ2v) is 8.19. The van der Waals surface area contributed by atoms with E-state index in [-0.39, 0.29) is 17.6 Å². The quantitative estimate of drug-likeness (QED) is 0.607. The minimum atomic E-state index is -0.427. The van der Waals surface area contributed by atoms with Gasteiger partial charge in [-0.3, -0.25) is 0 Å². The molecule has 3 unspecified atom stereocenters. The van der Waals surface area contributed by atoms with Crippen LogP contribution in [0.5, 0.6) is 0 Å². The molecule has 0 saturated carbocycles. The third kappa shape index (κ3) is 1.69. The van der Waals surface area contributed by atoms with E-state index in [4.69, 9.17) is 9.47 Å². The molecule has 0 amide bonds. The average molecular weight is 264 g/mol. The zero-order chi connectivity index (χ0) is 14.2. The lowest BCUT2D eigenvalue weighted by Gasteiger charge is -2.36. The first-order valence-electron chi connectivity index (χ1n) is 7.67. The fourth-order valence-corrected chi connectivity index (χ4v) is 4.71. The molecule has 2 heteroatoms. The van der Waals surface area contributed by atoms with Crippen molar-refractivity contribution in [3.8, 4) is 0 Å². The van der Waals surface area contributed by atoms with Gasteiger partial charge in [-0.1, -0.05) is 40.2 Å². The van der Waals surface area contributed by atoms with Gasteiger partial charge in [0.25, 0.3) is 0 Å². The van der Waals surface area contributed by atoms with E-state index < -0.39 is 5.79 Å². The van der Waals surface area contributed by atoms with Crippen LogP contribution >= 0.6 is 0 Å². The van der Waals surface area contributed by atoms with Gasteiger partial charge in [-0.2, -0.15) is 0 Å². The van der Waals surface area contributed by atoms with Gasteiger partial charge in [-0.15, -0.1) is 0 Å². The van der Waals surface area contributed by atoms with Crippen molar-refractivity contribution < 1.29 is 9.47 Å². The summed E-state index contributed by atoms with van der Waals surface area (Å²) in [7, 11) is 0. The Bertz CT molecular complexity index is 442. The maximum Gasteiger partial charge on any atom is 0.164 e. The fraction of sp³-hybridized carbons (Fsp3) is 0.882. The molecule has 3 atom stereocenters. The Hall–Kier alpha value is -0.340. The summed E-state index contributed by atoms with van der Waals surface area (Å²) >= 11 is 0. The first-order chi connectivity index (χ1) is 8.57. The van der Waals surface area contributed by atoms with Crippen LogP contribution in [-0.2, 0) is 9.47 Å². The summed E-state index contributed by atoms with van der Waals surface area (Å²) in [4.78, 5) is 0. The normalized spacial score (nSPS) is 42.2. The van der Waals surface area contributed by atoms with E-state index in [1.165, 1.54) is 6.42 Å². The summed E-state index contributed by atoms with van der Waals surface area (Å²) in [6.07, 6.45) is 2.72. The summed E-state index contributed by atoms with van der Waals surface area (Å²) in [5.41, 5.74) is 3.70. The number of allylic oxidation sites excluding steroid dienone is 1. The van der Waals surface area contributed by atoms with E-state index in [2.05, 4.69) is 34.6 Å². The number of rotatable bonds is 0. The summed E-state index contributed by atoms with van der Waals surface area (Å²) in [5, 5.41) is 0. The Morgan fingerprint density at radius 1 is 0.947 bits per heavy atom. The highest BCUT2D eigenvalue weighted by Gasteiger charge is 2.58. The van der Waals surface area contributed by atoms with Gasteiger partial charge in [0, 0.05) is 0 Å². The van der Waals surface area contributed by atoms with E-state index in [1.54, 1.807) is 11.1 Å². The molecule has 0 aromatic rings. The molecule has 1 aliphatic heterocycles. The van der Waals surface area contributed by atoms with Crippen molar-refractivity contribution in [3.63, 3.8) is 0 Å². The third-order valence-electron chi connectivity index (χ3n) is 6.11. The maximum atomic E-state index is 6.26. The minimum Gasteiger partial charge on any atom is -0.344 e. The van der Waals surface area contributed by atoms with Gasteiger partial charge in [-0.25, -0.2) is 0 Å². The predicted octanol–water partition coefficient (Wildman–Crippen LogP) is 4.30. The van der Waals surface area contributed by atoms with Crippen LogP contribution < -0.4 is 0 Å². The molecule has 0 aromatic heterocycles. The molecule has 0 N–H and O–H groups in total. The molecule has 0 spiro atoms. The Kier molecular flexibility index (Phi) is 2.62. The number of fused-ring (bicyclic) bond motifs is 2. The molecule has 3 aliphatic rings. The summed E-state index contributed by atoms with van der Waals surface area (Å²) < 4.78 is 12.4. The van der Waals surface area contributed by atoms with Crippen LogP contribution in [0.25, 0.3) is 0 Å². The van der Waals surface area contributed by atoms with Gasteiger partial charge < -0.3 is 9.47 Å². The highest BCUT2D eigenvalue weighted by molar-refractivity contribution is 5.40. The first-order valence-corrected chi connectivity index (χ1v) is 7.67. The molecule has 19 heavy (non-hydrogen) atoms. The topological polar surface area (TPSA) is 18.5 Å². The summed E-state index contributed by atoms with van der Waals surface area (Å²) in [6, 6.07) is 0. The first kappa shape index (κ1) is 13.6. The van der Waals surface area contributed by atoms with Crippen molar-refractivity contribution in [2.24, 2.45) is 16.7 Å². The highest BCUT2D eigenvalue weighted by atomic mass is 16.7. The van der Waals surface area contributed by atoms with Crippen molar-refractivity contribution in [1.82, 2.24) is 0 Å². The molecule has 0 aromatic carbocycles. The van der Waals surface area contributed by atoms with Gasteiger partial charge in [0.05, 0.1) is 6.10 Å². The summed E-state index contributed by atoms with van der Waals surface area (Å²) in [6.45, 7) is 16.1. The lowest BCUT2D eigenvalue weighted by molar-refractivity contribution is -0.144. The van der Waals surface area contributed by atoms with Gasteiger partial charge in [0.1, 0.15) is 6.10 Å². The van der Waals surface area contributed by atoms with Gasteiger partial charge in [0.15, 0.2) is 5.79 Å². The third-order valence-corrected chi connectivity index (χ3v) is 6.11. The molecule has 1 fully saturated rings. The molecule has 1 saturated heterocycles. The number of hydrogen-bond donors (Lipinski definition) is 0. The molecule has 3 rings (SSSR count). The van der Waals surface area contributed by atoms with Crippen molar-refractivity contribution in [1.29, 1.82) is 0 Å². The Balaban J connectivity index is 2.08. The zero-order valence-electron chi connectivity index (χ0n) is 13.5. The predicted molar refractivity (Wildman–Crippen MR) is 76.8 cm³/mol. The molecule has 1 heterocycles. The van der Waals surface area contributed by atoms with Crippen LogP contribution in [0.3, 0.4) is 0 Å². The van der Waals surface area contributed by atoms with Gasteiger partial charge in [0.2, 0.25) is 0 Å². The van der Waals surface area contributed by atoms with E-state index in [1.807, 2.05) is 13.8 Å². The highest BCUT2D eigenvalue weighted by Crippen LogP contribution is 2.62. The van der Waals surface area contributed by atoms with Crippen molar-refractivity contribution in [3.05, 3.63) is 11.1 Å². The van der Waals surface area contributed by atoms with E-state index in [0.29, 0.717) is 11.3 Å². The lowest BCUT2D eigenvalue weighted by atomic mass is 9.69. The van der Waals surface area contributed by atoms with Crippen LogP contribution in [-0.4, -0.2) is 18.0 Å². The second kappa shape index (κ2) is 3.65. The molecule has 0 bridgehead atoms. The van der Waals surface area contributed by atoms with Crippen molar-refractivity contribution in [2.75, 3.05) is 0 Å². The molecular formula is C17H28O2. The van der Waals surface area contributed by atoms with Crippen molar-refractivity contribution in [2.45, 2.75) is 79.3 Å². The van der Waals surface area contributed by atoms with Crippen LogP contribution in [0.1, 0.15) is 61.3 Å². The zero-order valence-corrected chi connectivity index (χ0v) is 13.5. The number of ether oxygens (including phenoxy) is 2. The molecule has 0 radical (unpaired) electrons. The smallest absolute Gasteiger partial charge is 0.164 e. The molecule has 2 nitrogen and oxygen atoms in total. The van der Waals surface area contributed by atoms with E-state index in [0.717, 1.165) is 6.42 Å². The van der Waals surface area contributed by atoms with E-state index in [9.17, 15) is 0 Å². The molecular weight excluding hydrogens is 236 g/mol. The Morgan fingerprint density at radius 3 is 2.21 bits per heavy atom. The van der Waals surface area contributed by atoms with Crippen LogP contribution in [0.15, 0.2) is 11.1 Å². The van der Waals surface area contributed by atoms with Gasteiger partial charge >= 0.3 is 0 Å². The molecule has 2 aliphatic carbocycles. The van der Waals surface area contributed by atoms with Gasteiger partial charge in [-0.05, 0) is 49.0 Å². The minimum absolute atomic E-state index is 0.179. The SMILES string of the molecule is CC1C(C)(C)C2=C(C3OC(C)(C)OC3CC2)C1(C)C. The average Bonchev–Trinajstić information content (AvgIpc) is 2.65. The second-order valence-electron chi connectivity index (χ2n) is 8.19. The van der Waals surface area contributed by atoms with Crippen molar-refractivity contribution >= 4 is 0 Å². The number of hydrogen-bond acceptors (Lipinski definition) is 2. The lowest BCUT2D eigenvalue weighted by Crippen LogP contribution is -2.35.